The van der Waals surface area contributed by atoms with Gasteiger partial charge in [0.1, 0.15) is 0 Å². The molecule has 2 atom stereocenters. The summed E-state index contributed by atoms with van der Waals surface area (Å²) >= 11 is 0. The Bertz CT molecular complexity index is 681. The van der Waals surface area contributed by atoms with Gasteiger partial charge in [-0.2, -0.15) is 0 Å². The fraction of sp³-hybridized carbons (Fsp3) is 0.619. The third-order valence-corrected chi connectivity index (χ3v) is 5.71. The number of urea groups is 1. The Morgan fingerprint density at radius 1 is 1.10 bits per heavy atom. The maximum atomic E-state index is 13.0. The monoisotopic (exact) mass is 402 g/mol. The van der Waals surface area contributed by atoms with Crippen LogP contribution in [0.5, 0.6) is 0 Å². The molecule has 0 aromatic heterocycles. The van der Waals surface area contributed by atoms with Gasteiger partial charge in [-0.15, -0.1) is 0 Å². The molecule has 158 valence electrons. The van der Waals surface area contributed by atoms with Crippen molar-refractivity contribution in [3.63, 3.8) is 0 Å². The van der Waals surface area contributed by atoms with Gasteiger partial charge < -0.3 is 29.9 Å². The van der Waals surface area contributed by atoms with Crippen molar-refractivity contribution in [2.24, 2.45) is 0 Å². The van der Waals surface area contributed by atoms with E-state index in [2.05, 4.69) is 10.6 Å². The molecule has 3 saturated heterocycles. The molecule has 0 spiro atoms. The molecule has 0 radical (unpaired) electrons. The van der Waals surface area contributed by atoms with Gasteiger partial charge in [0.05, 0.1) is 18.8 Å². The number of rotatable bonds is 6. The van der Waals surface area contributed by atoms with Crippen molar-refractivity contribution in [1.29, 1.82) is 0 Å². The average molecular weight is 402 g/mol. The van der Waals surface area contributed by atoms with Crippen LogP contribution in [0.15, 0.2) is 24.3 Å². The first-order chi connectivity index (χ1) is 14.2. The van der Waals surface area contributed by atoms with Crippen LogP contribution in [0.3, 0.4) is 0 Å². The van der Waals surface area contributed by atoms with Crippen LogP contribution < -0.4 is 15.5 Å². The molecule has 2 N–H and O–H groups in total. The van der Waals surface area contributed by atoms with Crippen LogP contribution in [0, 0.1) is 0 Å². The number of hydrogen-bond acceptors (Lipinski definition) is 5. The average Bonchev–Trinajstić information content (AvgIpc) is 3.42. The van der Waals surface area contributed by atoms with E-state index in [-0.39, 0.29) is 24.1 Å². The summed E-state index contributed by atoms with van der Waals surface area (Å²) in [5.41, 5.74) is 1.72. The maximum absolute atomic E-state index is 13.0. The van der Waals surface area contributed by atoms with E-state index >= 15 is 0 Å². The van der Waals surface area contributed by atoms with Crippen molar-refractivity contribution in [2.75, 3.05) is 56.2 Å². The summed E-state index contributed by atoms with van der Waals surface area (Å²) in [4.78, 5) is 28.4. The van der Waals surface area contributed by atoms with E-state index < -0.39 is 0 Å². The quantitative estimate of drug-likeness (QED) is 0.758. The lowest BCUT2D eigenvalue weighted by Crippen LogP contribution is -2.47. The Morgan fingerprint density at radius 3 is 2.31 bits per heavy atom. The Balaban J connectivity index is 1.37. The third-order valence-electron chi connectivity index (χ3n) is 5.71. The molecule has 1 aromatic rings. The fourth-order valence-electron chi connectivity index (χ4n) is 4.13. The zero-order chi connectivity index (χ0) is 20.1. The summed E-state index contributed by atoms with van der Waals surface area (Å²) in [6.07, 6.45) is 4.30. The molecule has 3 aliphatic rings. The Kier molecular flexibility index (Phi) is 6.51. The van der Waals surface area contributed by atoms with Crippen LogP contribution in [0.4, 0.5) is 16.2 Å². The van der Waals surface area contributed by atoms with Crippen molar-refractivity contribution >= 4 is 23.3 Å². The lowest BCUT2D eigenvalue weighted by molar-refractivity contribution is -0.120. The Morgan fingerprint density at radius 2 is 1.76 bits per heavy atom. The van der Waals surface area contributed by atoms with Crippen molar-refractivity contribution in [3.8, 4) is 0 Å². The van der Waals surface area contributed by atoms with E-state index in [1.165, 1.54) is 0 Å². The first-order valence-corrected chi connectivity index (χ1v) is 10.6. The molecule has 3 fully saturated rings. The van der Waals surface area contributed by atoms with Crippen LogP contribution in [-0.2, 0) is 14.3 Å². The van der Waals surface area contributed by atoms with E-state index in [1.54, 1.807) is 0 Å². The predicted molar refractivity (Wildman–Crippen MR) is 110 cm³/mol. The molecular weight excluding hydrogens is 372 g/mol. The normalized spacial score (nSPS) is 24.4. The standard InChI is InChI=1S/C21H30N4O4/c26-20-15-24(10-9-22-20)17-7-5-16(6-8-17)23-21(27)25(13-18-3-1-11-28-18)14-19-4-2-12-29-19/h5-8,18-19H,1-4,9-15H2,(H,22,26)(H,23,27)/t18-,19-/m1/s1. The van der Waals surface area contributed by atoms with Gasteiger partial charge >= 0.3 is 6.03 Å². The lowest BCUT2D eigenvalue weighted by Gasteiger charge is -2.29. The highest BCUT2D eigenvalue weighted by molar-refractivity contribution is 5.89. The van der Waals surface area contributed by atoms with E-state index in [9.17, 15) is 9.59 Å². The first kappa shape index (κ1) is 20.0. The smallest absolute Gasteiger partial charge is 0.322 e. The molecular formula is C21H30N4O4. The SMILES string of the molecule is O=C1CN(c2ccc(NC(=O)N(C[C@H]3CCCO3)C[C@H]3CCCO3)cc2)CCN1. The summed E-state index contributed by atoms with van der Waals surface area (Å²) in [6.45, 7) is 4.53. The molecule has 4 rings (SSSR count). The van der Waals surface area contributed by atoms with Crippen molar-refractivity contribution in [2.45, 2.75) is 37.9 Å². The fourth-order valence-corrected chi connectivity index (χ4v) is 4.13. The number of piperazine rings is 1. The molecule has 0 bridgehead atoms. The molecule has 29 heavy (non-hydrogen) atoms. The highest BCUT2D eigenvalue weighted by atomic mass is 16.5. The van der Waals surface area contributed by atoms with Crippen LogP contribution in [-0.4, -0.2) is 75.0 Å². The molecule has 3 heterocycles. The second-order valence-electron chi connectivity index (χ2n) is 7.92. The predicted octanol–water partition coefficient (Wildman–Crippen LogP) is 1.81. The summed E-state index contributed by atoms with van der Waals surface area (Å²) in [5, 5.41) is 5.83. The molecule has 0 saturated carbocycles. The molecule has 0 unspecified atom stereocenters. The second-order valence-corrected chi connectivity index (χ2v) is 7.92. The van der Waals surface area contributed by atoms with Gasteiger partial charge in [-0.25, -0.2) is 4.79 Å². The van der Waals surface area contributed by atoms with Gasteiger partial charge in [-0.3, -0.25) is 4.79 Å². The van der Waals surface area contributed by atoms with Crippen molar-refractivity contribution in [1.82, 2.24) is 10.2 Å². The number of anilines is 2. The summed E-state index contributed by atoms with van der Waals surface area (Å²) < 4.78 is 11.5. The zero-order valence-corrected chi connectivity index (χ0v) is 16.8. The molecule has 3 amide bonds. The van der Waals surface area contributed by atoms with E-state index in [0.29, 0.717) is 26.2 Å². The summed E-state index contributed by atoms with van der Waals surface area (Å²) in [6, 6.07) is 7.53. The minimum Gasteiger partial charge on any atom is -0.376 e. The molecule has 3 aliphatic heterocycles. The number of ether oxygens (including phenoxy) is 2. The third kappa shape index (κ3) is 5.39. The highest BCUT2D eigenvalue weighted by Crippen LogP contribution is 2.21. The van der Waals surface area contributed by atoms with E-state index in [4.69, 9.17) is 9.47 Å². The van der Waals surface area contributed by atoms with E-state index in [1.807, 2.05) is 34.1 Å². The lowest BCUT2D eigenvalue weighted by atomic mass is 10.2. The number of hydrogen-bond donors (Lipinski definition) is 2. The van der Waals surface area contributed by atoms with Crippen LogP contribution in [0.2, 0.25) is 0 Å². The first-order valence-electron chi connectivity index (χ1n) is 10.6. The molecule has 8 heteroatoms. The van der Waals surface area contributed by atoms with Gasteiger partial charge in [0.15, 0.2) is 0 Å². The largest absolute Gasteiger partial charge is 0.376 e. The second kappa shape index (κ2) is 9.45. The van der Waals surface area contributed by atoms with Crippen molar-refractivity contribution in [3.05, 3.63) is 24.3 Å². The molecule has 1 aromatic carbocycles. The minimum atomic E-state index is -0.124. The number of carbonyl (C=O) groups is 2. The van der Waals surface area contributed by atoms with E-state index in [0.717, 1.165) is 56.8 Å². The Labute approximate surface area is 171 Å². The minimum absolute atomic E-state index is 0.0348. The number of amides is 3. The summed E-state index contributed by atoms with van der Waals surface area (Å²) in [5.74, 6) is 0.0348. The number of nitrogens with one attached hydrogen (secondary N) is 2. The van der Waals surface area contributed by atoms with Gasteiger partial charge in [0.2, 0.25) is 5.91 Å². The molecule has 0 aliphatic carbocycles. The maximum Gasteiger partial charge on any atom is 0.322 e. The molecule has 8 nitrogen and oxygen atoms in total. The van der Waals surface area contributed by atoms with Gasteiger partial charge in [-0.05, 0) is 49.9 Å². The van der Waals surface area contributed by atoms with Gasteiger partial charge in [0, 0.05) is 50.8 Å². The highest BCUT2D eigenvalue weighted by Gasteiger charge is 2.27. The number of carbonyl (C=O) groups excluding carboxylic acids is 2. The van der Waals surface area contributed by atoms with Crippen LogP contribution in [0.25, 0.3) is 0 Å². The van der Waals surface area contributed by atoms with Crippen LogP contribution >= 0.6 is 0 Å². The topological polar surface area (TPSA) is 83.1 Å². The van der Waals surface area contributed by atoms with Crippen LogP contribution in [0.1, 0.15) is 25.7 Å². The summed E-state index contributed by atoms with van der Waals surface area (Å²) in [7, 11) is 0. The number of nitrogens with zero attached hydrogens (tertiary/aromatic N) is 2. The van der Waals surface area contributed by atoms with Gasteiger partial charge in [0.25, 0.3) is 0 Å². The van der Waals surface area contributed by atoms with Crippen molar-refractivity contribution < 1.29 is 19.1 Å². The Hall–Kier alpha value is -2.32. The zero-order valence-electron chi connectivity index (χ0n) is 16.8. The number of benzene rings is 1. The van der Waals surface area contributed by atoms with Gasteiger partial charge in [-0.1, -0.05) is 0 Å².